The van der Waals surface area contributed by atoms with Crippen molar-refractivity contribution >= 4 is 10.2 Å². The fraction of sp³-hybridized carbons (Fsp3) is 1.00. The van der Waals surface area contributed by atoms with Gasteiger partial charge in [0.1, 0.15) is 0 Å². The molecule has 0 radical (unpaired) electrons. The predicted octanol–water partition coefficient (Wildman–Crippen LogP) is 0.823. The minimum absolute atomic E-state index is 0.0984. The zero-order valence-corrected chi connectivity index (χ0v) is 11.7. The molecule has 1 saturated heterocycles. The van der Waals surface area contributed by atoms with E-state index in [2.05, 4.69) is 4.72 Å². The fourth-order valence-corrected chi connectivity index (χ4v) is 4.00. The third-order valence-corrected chi connectivity index (χ3v) is 5.08. The van der Waals surface area contributed by atoms with Crippen molar-refractivity contribution in [1.29, 1.82) is 0 Å². The van der Waals surface area contributed by atoms with Crippen LogP contribution in [0.3, 0.4) is 0 Å². The van der Waals surface area contributed by atoms with E-state index in [1.165, 1.54) is 0 Å². The van der Waals surface area contributed by atoms with Gasteiger partial charge in [0.05, 0.1) is 0 Å². The number of nitrogens with zero attached hydrogens (tertiary/aromatic N) is 1. The van der Waals surface area contributed by atoms with Gasteiger partial charge in [-0.05, 0) is 26.2 Å². The number of rotatable bonds is 6. The van der Waals surface area contributed by atoms with Gasteiger partial charge in [-0.1, -0.05) is 19.8 Å². The molecule has 6 heteroatoms. The van der Waals surface area contributed by atoms with Gasteiger partial charge >= 0.3 is 0 Å². The van der Waals surface area contributed by atoms with Crippen molar-refractivity contribution in [3.05, 3.63) is 0 Å². The van der Waals surface area contributed by atoms with Crippen molar-refractivity contribution in [2.24, 2.45) is 5.73 Å². The second-order valence-corrected chi connectivity index (χ2v) is 6.45. The quantitative estimate of drug-likeness (QED) is 0.745. The van der Waals surface area contributed by atoms with Gasteiger partial charge in [0.15, 0.2) is 0 Å². The van der Waals surface area contributed by atoms with Crippen LogP contribution in [-0.2, 0) is 10.2 Å². The standard InChI is InChI=1S/C11H25N3O2S/c1-3-6-11(9-12)13-17(15,16)14-8-5-4-7-10(14)2/h10-11,13H,3-9,12H2,1-2H3. The third kappa shape index (κ3) is 4.21. The third-order valence-electron chi connectivity index (χ3n) is 3.29. The zero-order valence-electron chi connectivity index (χ0n) is 10.9. The molecule has 0 aromatic heterocycles. The maximum Gasteiger partial charge on any atom is 0.279 e. The van der Waals surface area contributed by atoms with E-state index in [9.17, 15) is 8.42 Å². The van der Waals surface area contributed by atoms with Gasteiger partial charge in [0.25, 0.3) is 10.2 Å². The Labute approximate surface area is 105 Å². The molecule has 1 aliphatic heterocycles. The molecule has 0 aromatic rings. The zero-order chi connectivity index (χ0) is 12.9. The second kappa shape index (κ2) is 6.68. The van der Waals surface area contributed by atoms with E-state index in [0.29, 0.717) is 13.1 Å². The summed E-state index contributed by atoms with van der Waals surface area (Å²) in [5.74, 6) is 0. The fourth-order valence-electron chi connectivity index (χ4n) is 2.28. The summed E-state index contributed by atoms with van der Waals surface area (Å²) in [6, 6.07) is -0.0413. The molecule has 0 aromatic carbocycles. The van der Waals surface area contributed by atoms with E-state index in [4.69, 9.17) is 5.73 Å². The molecule has 102 valence electrons. The van der Waals surface area contributed by atoms with E-state index in [-0.39, 0.29) is 12.1 Å². The van der Waals surface area contributed by atoms with E-state index >= 15 is 0 Å². The van der Waals surface area contributed by atoms with Crippen LogP contribution in [0.2, 0.25) is 0 Å². The predicted molar refractivity (Wildman–Crippen MR) is 69.8 cm³/mol. The first-order valence-electron chi connectivity index (χ1n) is 6.50. The average Bonchev–Trinajstić information content (AvgIpc) is 2.28. The molecule has 2 unspecified atom stereocenters. The van der Waals surface area contributed by atoms with E-state index in [1.807, 2.05) is 13.8 Å². The van der Waals surface area contributed by atoms with Crippen LogP contribution in [-0.4, -0.2) is 37.9 Å². The first-order valence-corrected chi connectivity index (χ1v) is 7.94. The van der Waals surface area contributed by atoms with Crippen LogP contribution in [0.5, 0.6) is 0 Å². The van der Waals surface area contributed by atoms with Gasteiger partial charge < -0.3 is 5.73 Å². The lowest BCUT2D eigenvalue weighted by atomic mass is 10.1. The molecule has 0 saturated carbocycles. The average molecular weight is 263 g/mol. The number of piperidine rings is 1. The lowest BCUT2D eigenvalue weighted by Gasteiger charge is -2.33. The molecule has 3 N–H and O–H groups in total. The normalized spacial score (nSPS) is 24.8. The van der Waals surface area contributed by atoms with Gasteiger partial charge in [-0.25, -0.2) is 0 Å². The summed E-state index contributed by atoms with van der Waals surface area (Å²) in [5.41, 5.74) is 5.58. The van der Waals surface area contributed by atoms with Crippen molar-refractivity contribution in [1.82, 2.24) is 9.03 Å². The Bertz CT molecular complexity index is 319. The Hall–Kier alpha value is -0.170. The Morgan fingerprint density at radius 1 is 1.47 bits per heavy atom. The molecule has 17 heavy (non-hydrogen) atoms. The minimum Gasteiger partial charge on any atom is -0.329 e. The Balaban J connectivity index is 2.65. The monoisotopic (exact) mass is 263 g/mol. The SMILES string of the molecule is CCCC(CN)NS(=O)(=O)N1CCCCC1C. The van der Waals surface area contributed by atoms with Crippen LogP contribution < -0.4 is 10.5 Å². The van der Waals surface area contributed by atoms with Crippen molar-refractivity contribution in [3.8, 4) is 0 Å². The largest absolute Gasteiger partial charge is 0.329 e. The molecule has 1 heterocycles. The summed E-state index contributed by atoms with van der Waals surface area (Å²) < 4.78 is 28.7. The second-order valence-electron chi connectivity index (χ2n) is 4.80. The highest BCUT2D eigenvalue weighted by Crippen LogP contribution is 2.19. The maximum atomic E-state index is 12.2. The van der Waals surface area contributed by atoms with Crippen molar-refractivity contribution < 1.29 is 8.42 Å². The molecular weight excluding hydrogens is 238 g/mol. The highest BCUT2D eigenvalue weighted by atomic mass is 32.2. The Morgan fingerprint density at radius 3 is 2.71 bits per heavy atom. The number of hydrogen-bond acceptors (Lipinski definition) is 3. The summed E-state index contributed by atoms with van der Waals surface area (Å²) in [5, 5.41) is 0. The topological polar surface area (TPSA) is 75.4 Å². The van der Waals surface area contributed by atoms with Crippen molar-refractivity contribution in [3.63, 3.8) is 0 Å². The van der Waals surface area contributed by atoms with E-state index < -0.39 is 10.2 Å². The minimum atomic E-state index is -3.36. The van der Waals surface area contributed by atoms with Gasteiger partial charge in [-0.2, -0.15) is 17.4 Å². The summed E-state index contributed by atoms with van der Waals surface area (Å²) in [7, 11) is -3.36. The lowest BCUT2D eigenvalue weighted by molar-refractivity contribution is 0.263. The van der Waals surface area contributed by atoms with E-state index in [1.54, 1.807) is 4.31 Å². The van der Waals surface area contributed by atoms with Gasteiger partial charge in [-0.3, -0.25) is 0 Å². The van der Waals surface area contributed by atoms with Crippen LogP contribution in [0.1, 0.15) is 46.0 Å². The molecule has 0 spiro atoms. The molecule has 0 aliphatic carbocycles. The Morgan fingerprint density at radius 2 is 2.18 bits per heavy atom. The molecular formula is C11H25N3O2S. The van der Waals surface area contributed by atoms with Gasteiger partial charge in [0, 0.05) is 25.2 Å². The molecule has 0 amide bonds. The maximum absolute atomic E-state index is 12.2. The van der Waals surface area contributed by atoms with Crippen LogP contribution in [0, 0.1) is 0 Å². The lowest BCUT2D eigenvalue weighted by Crippen LogP contribution is -2.52. The van der Waals surface area contributed by atoms with Crippen LogP contribution in [0.25, 0.3) is 0 Å². The summed E-state index contributed by atoms with van der Waals surface area (Å²) in [6.07, 6.45) is 4.73. The number of nitrogens with one attached hydrogen (secondary N) is 1. The molecule has 1 fully saturated rings. The summed E-state index contributed by atoms with van der Waals surface area (Å²) in [4.78, 5) is 0. The van der Waals surface area contributed by atoms with Crippen LogP contribution in [0.15, 0.2) is 0 Å². The summed E-state index contributed by atoms with van der Waals surface area (Å²) >= 11 is 0. The van der Waals surface area contributed by atoms with Crippen molar-refractivity contribution in [2.75, 3.05) is 13.1 Å². The highest BCUT2D eigenvalue weighted by molar-refractivity contribution is 7.87. The molecule has 1 rings (SSSR count). The highest BCUT2D eigenvalue weighted by Gasteiger charge is 2.30. The van der Waals surface area contributed by atoms with E-state index in [0.717, 1.165) is 32.1 Å². The van der Waals surface area contributed by atoms with Gasteiger partial charge in [0.2, 0.25) is 0 Å². The molecule has 1 aliphatic rings. The number of nitrogens with two attached hydrogens (primary N) is 1. The smallest absolute Gasteiger partial charge is 0.279 e. The molecule has 2 atom stereocenters. The first kappa shape index (κ1) is 14.9. The van der Waals surface area contributed by atoms with Crippen LogP contribution in [0.4, 0.5) is 0 Å². The Kier molecular flexibility index (Phi) is 5.85. The molecule has 0 bridgehead atoms. The van der Waals surface area contributed by atoms with Crippen LogP contribution >= 0.6 is 0 Å². The summed E-state index contributed by atoms with van der Waals surface area (Å²) in [6.45, 7) is 4.98. The van der Waals surface area contributed by atoms with Gasteiger partial charge in [-0.15, -0.1) is 0 Å². The first-order chi connectivity index (χ1) is 8.01. The number of hydrogen-bond donors (Lipinski definition) is 2. The van der Waals surface area contributed by atoms with Crippen molar-refractivity contribution in [2.45, 2.75) is 58.0 Å². The molecule has 5 nitrogen and oxygen atoms in total.